The van der Waals surface area contributed by atoms with Gasteiger partial charge in [0.2, 0.25) is 0 Å². The summed E-state index contributed by atoms with van der Waals surface area (Å²) >= 11 is 25.0. The first-order chi connectivity index (χ1) is 24.9. The molecule has 4 rings (SSSR count). The van der Waals surface area contributed by atoms with E-state index in [9.17, 15) is 27.6 Å². The molecule has 0 unspecified atom stereocenters. The van der Waals surface area contributed by atoms with Gasteiger partial charge in [-0.05, 0) is 116 Å². The monoisotopic (exact) mass is 925 g/mol. The van der Waals surface area contributed by atoms with E-state index >= 15 is 0 Å². The number of hydrogen-bond acceptors (Lipinski definition) is 7. The number of carboxylic acid groups (broad SMARTS) is 2. The topological polar surface area (TPSA) is 146 Å². The molecule has 10 nitrogen and oxygen atoms in total. The van der Waals surface area contributed by atoms with E-state index in [2.05, 4.69) is 47.8 Å². The number of carbonyl (C=O) groups excluding carboxylic acids is 1. The lowest BCUT2D eigenvalue weighted by Gasteiger charge is -2.15. The Morgan fingerprint density at radius 3 is 1.75 bits per heavy atom. The van der Waals surface area contributed by atoms with Crippen molar-refractivity contribution < 1.29 is 47.2 Å². The molecule has 0 spiro atoms. The molecule has 0 radical (unpaired) electrons. The molecule has 53 heavy (non-hydrogen) atoms. The maximum atomic E-state index is 13.1. The minimum absolute atomic E-state index is 0.0160. The molecule has 0 aliphatic carbocycles. The predicted octanol–water partition coefficient (Wildman–Crippen LogP) is 9.95. The Kier molecular flexibility index (Phi) is 16.4. The Bertz CT molecular complexity index is 1920. The van der Waals surface area contributed by atoms with Crippen molar-refractivity contribution in [3.63, 3.8) is 0 Å². The number of hydrogen-bond donors (Lipinski definition) is 5. The molecule has 18 heteroatoms. The van der Waals surface area contributed by atoms with Crippen LogP contribution >= 0.6 is 66.7 Å². The second-order valence-corrected chi connectivity index (χ2v) is 13.9. The number of halogens is 8. The first-order valence-electron chi connectivity index (χ1n) is 15.2. The van der Waals surface area contributed by atoms with Crippen molar-refractivity contribution >= 4 is 95.9 Å². The predicted molar refractivity (Wildman–Crippen MR) is 205 cm³/mol. The lowest BCUT2D eigenvalue weighted by molar-refractivity contribution is -0.138. The summed E-state index contributed by atoms with van der Waals surface area (Å²) in [6, 6.07) is 15.2. The molecule has 0 saturated heterocycles. The van der Waals surface area contributed by atoms with Gasteiger partial charge in [-0.3, -0.25) is 14.4 Å². The molecule has 4 aromatic carbocycles. The maximum Gasteiger partial charge on any atom is 0.416 e. The maximum absolute atomic E-state index is 13.1. The average molecular weight is 929 g/mol. The van der Waals surface area contributed by atoms with Gasteiger partial charge in [0.15, 0.2) is 5.75 Å². The number of amides is 1. The largest absolute Gasteiger partial charge is 0.487 e. The second kappa shape index (κ2) is 20.0. The number of anilines is 2. The van der Waals surface area contributed by atoms with Gasteiger partial charge in [-0.1, -0.05) is 34.8 Å². The van der Waals surface area contributed by atoms with Gasteiger partial charge in [0.05, 0.1) is 24.6 Å². The normalized spacial score (nSPS) is 10.8. The van der Waals surface area contributed by atoms with E-state index in [1.54, 1.807) is 25.2 Å². The van der Waals surface area contributed by atoms with E-state index in [0.29, 0.717) is 47.4 Å². The number of carboxylic acids is 2. The molecule has 0 fully saturated rings. The summed E-state index contributed by atoms with van der Waals surface area (Å²) in [4.78, 5) is 33.2. The molecule has 5 N–H and O–H groups in total. The van der Waals surface area contributed by atoms with E-state index in [0.717, 1.165) is 28.9 Å². The number of alkyl halides is 3. The van der Waals surface area contributed by atoms with Crippen LogP contribution < -0.4 is 25.4 Å². The van der Waals surface area contributed by atoms with Crippen LogP contribution in [0.3, 0.4) is 0 Å². The van der Waals surface area contributed by atoms with Gasteiger partial charge in [-0.2, -0.15) is 13.2 Å². The molecule has 284 valence electrons. The van der Waals surface area contributed by atoms with E-state index in [1.807, 2.05) is 12.1 Å². The number of nitrogens with one attached hydrogen (secondary N) is 3. The van der Waals surface area contributed by atoms with Crippen LogP contribution in [0.2, 0.25) is 15.1 Å². The fourth-order valence-corrected chi connectivity index (χ4v) is 6.82. The molecule has 0 saturated carbocycles. The molecule has 0 atom stereocenters. The zero-order valence-electron chi connectivity index (χ0n) is 27.8. The third-order valence-electron chi connectivity index (χ3n) is 6.97. The fourth-order valence-electron chi connectivity index (χ4n) is 4.51. The van der Waals surface area contributed by atoms with Gasteiger partial charge in [0, 0.05) is 42.5 Å². The quantitative estimate of drug-likeness (QED) is 0.0834. The van der Waals surface area contributed by atoms with Crippen LogP contribution in [0.1, 0.15) is 39.0 Å². The van der Waals surface area contributed by atoms with Crippen molar-refractivity contribution in [1.29, 1.82) is 0 Å². The Hall–Kier alpha value is -3.89. The Morgan fingerprint density at radius 1 is 0.717 bits per heavy atom. The number of aliphatic carboxylic acids is 2. The highest BCUT2D eigenvalue weighted by Gasteiger charge is 2.31. The second-order valence-electron chi connectivity index (χ2n) is 11.0. The molecule has 0 bridgehead atoms. The highest BCUT2D eigenvalue weighted by atomic mass is 79.9. The SMILES string of the molecule is CNc1cc(COc2c(Br)cc(C(=O)NCC(=O)O)cc2Br)cc(C(F)(F)F)c1.CNc1cc(Cl)cc(COc2c(Cl)cc(CCC(=O)O)cc2Cl)c1. The van der Waals surface area contributed by atoms with Crippen molar-refractivity contribution in [1.82, 2.24) is 5.32 Å². The summed E-state index contributed by atoms with van der Waals surface area (Å²) in [6.45, 7) is -0.431. The molecular weight excluding hydrogens is 898 g/mol. The Morgan fingerprint density at radius 2 is 1.25 bits per heavy atom. The van der Waals surface area contributed by atoms with Crippen LogP contribution in [-0.2, 0) is 35.4 Å². The summed E-state index contributed by atoms with van der Waals surface area (Å²) < 4.78 is 51.2. The zero-order valence-corrected chi connectivity index (χ0v) is 33.2. The molecular formula is C35H31Br2Cl3F3N3O7. The summed E-state index contributed by atoms with van der Waals surface area (Å²) in [5.41, 5.74) is 2.46. The molecule has 1 amide bonds. The first kappa shape index (κ1) is 43.5. The first-order valence-corrected chi connectivity index (χ1v) is 17.9. The summed E-state index contributed by atoms with van der Waals surface area (Å²) in [5.74, 6) is -2.01. The standard InChI is InChI=1S/C18H15Br2F3N2O4.C17H16Cl3NO3/c1-24-12-3-9(2-11(6-12)18(21,22)23)8-29-16-13(19)4-10(5-14(16)20)17(28)25-7-15(26)27;1-21-13-5-11(4-12(18)8-13)9-24-17-14(19)6-10(7-15(17)20)2-3-16(22)23/h2-6,24H,7-8H2,1H3,(H,25,28)(H,26,27);4-8,21H,2-3,9H2,1H3,(H,22,23). The summed E-state index contributed by atoms with van der Waals surface area (Å²) in [7, 11) is 3.32. The highest BCUT2D eigenvalue weighted by molar-refractivity contribution is 9.11. The van der Waals surface area contributed by atoms with Crippen LogP contribution in [0.5, 0.6) is 11.5 Å². The van der Waals surface area contributed by atoms with Gasteiger partial charge >= 0.3 is 18.1 Å². The van der Waals surface area contributed by atoms with Crippen LogP contribution in [0.15, 0.2) is 69.6 Å². The number of carbonyl (C=O) groups is 3. The van der Waals surface area contributed by atoms with Crippen LogP contribution in [0, 0.1) is 0 Å². The molecule has 0 heterocycles. The zero-order chi connectivity index (χ0) is 39.5. The van der Waals surface area contributed by atoms with E-state index < -0.39 is 36.1 Å². The lowest BCUT2D eigenvalue weighted by Crippen LogP contribution is -2.29. The van der Waals surface area contributed by atoms with Gasteiger partial charge < -0.3 is 35.6 Å². The van der Waals surface area contributed by atoms with E-state index in [4.69, 9.17) is 54.5 Å². The molecule has 0 aliphatic heterocycles. The Labute approximate surface area is 334 Å². The van der Waals surface area contributed by atoms with Crippen LogP contribution in [-0.4, -0.2) is 48.7 Å². The minimum Gasteiger partial charge on any atom is -0.487 e. The summed E-state index contributed by atoms with van der Waals surface area (Å²) in [5, 5.41) is 26.6. The van der Waals surface area contributed by atoms with Gasteiger partial charge in [-0.25, -0.2) is 0 Å². The van der Waals surface area contributed by atoms with Crippen molar-refractivity contribution in [3.8, 4) is 11.5 Å². The average Bonchev–Trinajstić information content (AvgIpc) is 3.08. The van der Waals surface area contributed by atoms with E-state index in [1.165, 1.54) is 25.2 Å². The fraction of sp³-hybridized carbons (Fsp3) is 0.229. The number of aryl methyl sites for hydroxylation is 1. The number of benzene rings is 4. The van der Waals surface area contributed by atoms with Crippen LogP contribution in [0.25, 0.3) is 0 Å². The number of rotatable bonds is 14. The van der Waals surface area contributed by atoms with Crippen molar-refractivity contribution in [3.05, 3.63) is 112 Å². The molecule has 0 aromatic heterocycles. The van der Waals surface area contributed by atoms with E-state index in [-0.39, 0.29) is 30.9 Å². The third kappa shape index (κ3) is 13.8. The van der Waals surface area contributed by atoms with Gasteiger partial charge in [0.1, 0.15) is 25.5 Å². The minimum atomic E-state index is -4.49. The van der Waals surface area contributed by atoms with Crippen molar-refractivity contribution in [2.45, 2.75) is 32.2 Å². The highest BCUT2D eigenvalue weighted by Crippen LogP contribution is 2.37. The third-order valence-corrected chi connectivity index (χ3v) is 8.93. The smallest absolute Gasteiger partial charge is 0.416 e. The van der Waals surface area contributed by atoms with Gasteiger partial charge in [-0.15, -0.1) is 0 Å². The lowest BCUT2D eigenvalue weighted by atomic mass is 10.1. The van der Waals surface area contributed by atoms with Crippen molar-refractivity contribution in [2.75, 3.05) is 31.3 Å². The Balaban J connectivity index is 0.000000290. The van der Waals surface area contributed by atoms with Crippen LogP contribution in [0.4, 0.5) is 24.5 Å². The van der Waals surface area contributed by atoms with Crippen molar-refractivity contribution in [2.24, 2.45) is 0 Å². The summed E-state index contributed by atoms with van der Waals surface area (Å²) in [6.07, 6.45) is -4.12. The molecule has 0 aliphatic rings. The number of ether oxygens (including phenoxy) is 2. The van der Waals surface area contributed by atoms with Gasteiger partial charge in [0.25, 0.3) is 5.91 Å². The molecule has 4 aromatic rings.